The van der Waals surface area contributed by atoms with E-state index in [1.54, 1.807) is 6.07 Å². The van der Waals surface area contributed by atoms with Crippen LogP contribution in [0.25, 0.3) is 0 Å². The molecular formula is C19H25FIN3O. The monoisotopic (exact) mass is 457 g/mol. The van der Waals surface area contributed by atoms with Crippen molar-refractivity contribution in [3.63, 3.8) is 0 Å². The van der Waals surface area contributed by atoms with Crippen molar-refractivity contribution in [2.24, 2.45) is 4.99 Å². The fraction of sp³-hybridized carbons (Fsp3) is 0.316. The molecule has 4 nitrogen and oxygen atoms in total. The summed E-state index contributed by atoms with van der Waals surface area (Å²) in [4.78, 5) is 4.50. The zero-order chi connectivity index (χ0) is 17.4. The lowest BCUT2D eigenvalue weighted by molar-refractivity contribution is 0.386. The van der Waals surface area contributed by atoms with Crippen LogP contribution in [0.2, 0.25) is 0 Å². The molecule has 0 saturated heterocycles. The second-order valence-electron chi connectivity index (χ2n) is 5.50. The summed E-state index contributed by atoms with van der Waals surface area (Å²) < 4.78 is 18.6. The molecule has 0 aliphatic rings. The van der Waals surface area contributed by atoms with Crippen molar-refractivity contribution in [2.75, 3.05) is 13.7 Å². The zero-order valence-corrected chi connectivity index (χ0v) is 17.1. The van der Waals surface area contributed by atoms with Gasteiger partial charge in [-0.25, -0.2) is 9.38 Å². The Morgan fingerprint density at radius 1 is 1.08 bits per heavy atom. The number of ether oxygens (including phenoxy) is 1. The topological polar surface area (TPSA) is 45.7 Å². The van der Waals surface area contributed by atoms with E-state index in [0.717, 1.165) is 12.1 Å². The molecule has 0 atom stereocenters. The molecular weight excluding hydrogens is 432 g/mol. The highest BCUT2D eigenvalue weighted by molar-refractivity contribution is 14.0. The van der Waals surface area contributed by atoms with Gasteiger partial charge in [-0.05, 0) is 37.1 Å². The van der Waals surface area contributed by atoms with Crippen LogP contribution in [0.15, 0.2) is 47.5 Å². The van der Waals surface area contributed by atoms with Gasteiger partial charge in [-0.15, -0.1) is 24.0 Å². The number of hydrogen-bond acceptors (Lipinski definition) is 2. The number of nitrogens with zero attached hydrogens (tertiary/aromatic N) is 1. The summed E-state index contributed by atoms with van der Waals surface area (Å²) in [5, 5.41) is 6.48. The number of aryl methyl sites for hydroxylation is 1. The van der Waals surface area contributed by atoms with Crippen molar-refractivity contribution >= 4 is 29.9 Å². The summed E-state index contributed by atoms with van der Waals surface area (Å²) in [6, 6.07) is 13.2. The molecule has 0 unspecified atom stereocenters. The van der Waals surface area contributed by atoms with E-state index in [0.29, 0.717) is 19.0 Å². The fourth-order valence-electron chi connectivity index (χ4n) is 2.21. The van der Waals surface area contributed by atoms with Crippen molar-refractivity contribution in [3.05, 3.63) is 65.0 Å². The Hall–Kier alpha value is -1.83. The number of aliphatic imine (C=N–C) groups is 1. The highest BCUT2D eigenvalue weighted by Gasteiger charge is 2.04. The van der Waals surface area contributed by atoms with Crippen molar-refractivity contribution in [1.29, 1.82) is 0 Å². The minimum Gasteiger partial charge on any atom is -0.494 e. The van der Waals surface area contributed by atoms with Gasteiger partial charge in [-0.2, -0.15) is 0 Å². The third-order valence-corrected chi connectivity index (χ3v) is 3.56. The lowest BCUT2D eigenvalue weighted by Crippen LogP contribution is -2.36. The van der Waals surface area contributed by atoms with Gasteiger partial charge in [0.15, 0.2) is 17.5 Å². The van der Waals surface area contributed by atoms with E-state index in [4.69, 9.17) is 4.74 Å². The minimum absolute atomic E-state index is 0. The van der Waals surface area contributed by atoms with Crippen LogP contribution in [-0.2, 0) is 13.1 Å². The number of methoxy groups -OCH3 is 1. The molecule has 0 aliphatic carbocycles. The first-order valence-corrected chi connectivity index (χ1v) is 8.02. The van der Waals surface area contributed by atoms with E-state index in [1.165, 1.54) is 24.3 Å². The first kappa shape index (κ1) is 21.2. The van der Waals surface area contributed by atoms with Crippen molar-refractivity contribution in [1.82, 2.24) is 10.6 Å². The molecule has 0 saturated carbocycles. The summed E-state index contributed by atoms with van der Waals surface area (Å²) in [5.41, 5.74) is 3.21. The van der Waals surface area contributed by atoms with Crippen LogP contribution >= 0.6 is 24.0 Å². The summed E-state index contributed by atoms with van der Waals surface area (Å²) in [6.45, 7) is 5.91. The van der Waals surface area contributed by atoms with Gasteiger partial charge in [0.1, 0.15) is 0 Å². The molecule has 0 aliphatic heterocycles. The Balaban J connectivity index is 0.00000312. The molecule has 0 bridgehead atoms. The molecule has 25 heavy (non-hydrogen) atoms. The Kier molecular flexibility index (Phi) is 9.26. The number of guanidine groups is 1. The third-order valence-electron chi connectivity index (χ3n) is 3.56. The van der Waals surface area contributed by atoms with Gasteiger partial charge in [-0.3, -0.25) is 0 Å². The molecule has 0 fully saturated rings. The molecule has 2 aromatic rings. The Bertz CT molecular complexity index is 690. The van der Waals surface area contributed by atoms with Gasteiger partial charge in [0.25, 0.3) is 0 Å². The highest BCUT2D eigenvalue weighted by atomic mass is 127. The normalized spacial score (nSPS) is 10.8. The predicted octanol–water partition coefficient (Wildman–Crippen LogP) is 4.02. The lowest BCUT2D eigenvalue weighted by Gasteiger charge is -2.12. The van der Waals surface area contributed by atoms with Gasteiger partial charge in [-0.1, -0.05) is 35.9 Å². The van der Waals surface area contributed by atoms with Crippen LogP contribution in [-0.4, -0.2) is 19.6 Å². The Morgan fingerprint density at radius 2 is 1.76 bits per heavy atom. The van der Waals surface area contributed by atoms with Gasteiger partial charge in [0.2, 0.25) is 0 Å². The van der Waals surface area contributed by atoms with E-state index in [2.05, 4.69) is 46.8 Å². The summed E-state index contributed by atoms with van der Waals surface area (Å²) in [6.07, 6.45) is 0. The highest BCUT2D eigenvalue weighted by Crippen LogP contribution is 2.18. The second-order valence-corrected chi connectivity index (χ2v) is 5.50. The van der Waals surface area contributed by atoms with Crippen LogP contribution in [0.4, 0.5) is 4.39 Å². The van der Waals surface area contributed by atoms with E-state index in [-0.39, 0.29) is 35.5 Å². The maximum absolute atomic E-state index is 13.7. The Labute approximate surface area is 165 Å². The maximum atomic E-state index is 13.7. The van der Waals surface area contributed by atoms with Crippen molar-refractivity contribution in [2.45, 2.75) is 26.9 Å². The van der Waals surface area contributed by atoms with E-state index >= 15 is 0 Å². The van der Waals surface area contributed by atoms with Gasteiger partial charge < -0.3 is 15.4 Å². The smallest absolute Gasteiger partial charge is 0.191 e. The van der Waals surface area contributed by atoms with E-state index < -0.39 is 0 Å². The first-order chi connectivity index (χ1) is 11.6. The average Bonchev–Trinajstić information content (AvgIpc) is 2.59. The predicted molar refractivity (Wildman–Crippen MR) is 111 cm³/mol. The second kappa shape index (κ2) is 10.9. The average molecular weight is 457 g/mol. The molecule has 0 aromatic heterocycles. The number of benzene rings is 2. The molecule has 0 heterocycles. The third kappa shape index (κ3) is 6.89. The summed E-state index contributed by atoms with van der Waals surface area (Å²) >= 11 is 0. The summed E-state index contributed by atoms with van der Waals surface area (Å²) in [5.74, 6) is 0.573. The molecule has 2 aromatic carbocycles. The van der Waals surface area contributed by atoms with E-state index in [1.807, 2.05) is 13.0 Å². The van der Waals surface area contributed by atoms with Crippen LogP contribution in [0.1, 0.15) is 23.6 Å². The Morgan fingerprint density at radius 3 is 2.36 bits per heavy atom. The molecule has 0 radical (unpaired) electrons. The molecule has 6 heteroatoms. The van der Waals surface area contributed by atoms with Gasteiger partial charge in [0.05, 0.1) is 13.7 Å². The van der Waals surface area contributed by atoms with Crippen molar-refractivity contribution in [3.8, 4) is 5.75 Å². The lowest BCUT2D eigenvalue weighted by atomic mass is 10.1. The largest absolute Gasteiger partial charge is 0.494 e. The molecule has 0 amide bonds. The molecule has 136 valence electrons. The van der Waals surface area contributed by atoms with Gasteiger partial charge >= 0.3 is 0 Å². The standard InChI is InChI=1S/C19H24FN3O.HI/c1-4-21-19(22-12-15-7-5-14(2)6-8-15)23-13-16-9-10-18(24-3)17(20)11-16;/h5-11H,4,12-13H2,1-3H3,(H2,21,22,23);1H. The molecule has 2 N–H and O–H groups in total. The zero-order valence-electron chi connectivity index (χ0n) is 14.8. The quantitative estimate of drug-likeness (QED) is 0.392. The van der Waals surface area contributed by atoms with Crippen LogP contribution in [0.5, 0.6) is 5.75 Å². The van der Waals surface area contributed by atoms with E-state index in [9.17, 15) is 4.39 Å². The molecule has 0 spiro atoms. The first-order valence-electron chi connectivity index (χ1n) is 8.02. The number of nitrogens with one attached hydrogen (secondary N) is 2. The maximum Gasteiger partial charge on any atom is 0.191 e. The fourth-order valence-corrected chi connectivity index (χ4v) is 2.21. The number of rotatable bonds is 6. The number of halogens is 2. The SMILES string of the molecule is CCNC(=NCc1ccc(OC)c(F)c1)NCc1ccc(C)cc1.I. The molecule has 2 rings (SSSR count). The minimum atomic E-state index is -0.372. The van der Waals surface area contributed by atoms with Gasteiger partial charge in [0, 0.05) is 13.1 Å². The van der Waals surface area contributed by atoms with Crippen LogP contribution < -0.4 is 15.4 Å². The van der Waals surface area contributed by atoms with Crippen molar-refractivity contribution < 1.29 is 9.13 Å². The van der Waals surface area contributed by atoms with Crippen LogP contribution in [0, 0.1) is 12.7 Å². The van der Waals surface area contributed by atoms with Crippen LogP contribution in [0.3, 0.4) is 0 Å². The number of hydrogen-bond donors (Lipinski definition) is 2. The summed E-state index contributed by atoms with van der Waals surface area (Å²) in [7, 11) is 1.45.